The lowest BCUT2D eigenvalue weighted by atomic mass is 10.0. The number of sulfonamides is 1. The minimum absolute atomic E-state index is 0.126. The zero-order valence-electron chi connectivity index (χ0n) is 17.2. The van der Waals surface area contributed by atoms with Crippen molar-refractivity contribution >= 4 is 33.4 Å². The van der Waals surface area contributed by atoms with Gasteiger partial charge in [-0.05, 0) is 56.4 Å². The Balaban J connectivity index is 2.33. The zero-order valence-corrected chi connectivity index (χ0v) is 18.8. The minimum atomic E-state index is -3.75. The molecule has 0 spiro atoms. The van der Waals surface area contributed by atoms with Gasteiger partial charge in [0.2, 0.25) is 15.9 Å². The summed E-state index contributed by atoms with van der Waals surface area (Å²) < 4.78 is 28.6. The molecule has 0 aliphatic carbocycles. The van der Waals surface area contributed by atoms with Crippen molar-refractivity contribution in [1.82, 2.24) is 4.72 Å². The third kappa shape index (κ3) is 5.37. The van der Waals surface area contributed by atoms with Crippen LogP contribution in [0, 0.1) is 19.8 Å². The van der Waals surface area contributed by atoms with Crippen molar-refractivity contribution in [3.8, 4) is 0 Å². The van der Waals surface area contributed by atoms with Crippen LogP contribution in [0.2, 0.25) is 0 Å². The van der Waals surface area contributed by atoms with Gasteiger partial charge in [0.15, 0.2) is 0 Å². The number of carbonyl (C=O) groups is 1. The van der Waals surface area contributed by atoms with Gasteiger partial charge in [-0.3, -0.25) is 4.79 Å². The fourth-order valence-corrected chi connectivity index (χ4v) is 4.69. The first-order valence-electron chi connectivity index (χ1n) is 9.13. The van der Waals surface area contributed by atoms with Crippen molar-refractivity contribution in [1.29, 1.82) is 0 Å². The lowest BCUT2D eigenvalue weighted by Crippen LogP contribution is -2.27. The molecule has 7 heteroatoms. The summed E-state index contributed by atoms with van der Waals surface area (Å²) >= 11 is 1.45. The number of hydrogen-bond acceptors (Lipinski definition) is 4. The van der Waals surface area contributed by atoms with Gasteiger partial charge in [-0.15, -0.1) is 11.8 Å². The van der Waals surface area contributed by atoms with Gasteiger partial charge < -0.3 is 5.32 Å². The summed E-state index contributed by atoms with van der Waals surface area (Å²) in [4.78, 5) is 13.0. The normalized spacial score (nSPS) is 12.8. The van der Waals surface area contributed by atoms with Crippen LogP contribution in [-0.2, 0) is 14.8 Å². The number of carbonyl (C=O) groups excluding carboxylic acids is 1. The predicted octanol–water partition coefficient (Wildman–Crippen LogP) is 4.66. The van der Waals surface area contributed by atoms with E-state index in [4.69, 9.17) is 0 Å². The second-order valence-electron chi connectivity index (χ2n) is 7.21. The summed E-state index contributed by atoms with van der Waals surface area (Å²) in [6, 6.07) is 10.4. The Morgan fingerprint density at radius 3 is 2.29 bits per heavy atom. The Morgan fingerprint density at radius 2 is 1.71 bits per heavy atom. The molecule has 0 aliphatic heterocycles. The van der Waals surface area contributed by atoms with Crippen LogP contribution in [-0.4, -0.2) is 20.6 Å². The van der Waals surface area contributed by atoms with E-state index in [9.17, 15) is 13.2 Å². The lowest BCUT2D eigenvalue weighted by Gasteiger charge is -2.18. The molecule has 0 aromatic heterocycles. The van der Waals surface area contributed by atoms with Crippen molar-refractivity contribution < 1.29 is 13.2 Å². The molecule has 0 fully saturated rings. The van der Waals surface area contributed by atoms with E-state index >= 15 is 0 Å². The monoisotopic (exact) mass is 420 g/mol. The number of hydrogen-bond donors (Lipinski definition) is 2. The molecule has 2 N–H and O–H groups in total. The first kappa shape index (κ1) is 22.5. The number of thioether (sulfide) groups is 1. The Kier molecular flexibility index (Phi) is 7.31. The molecule has 2 aromatic carbocycles. The average Bonchev–Trinajstić information content (AvgIpc) is 2.60. The van der Waals surface area contributed by atoms with Gasteiger partial charge in [0.25, 0.3) is 0 Å². The molecule has 152 valence electrons. The molecular formula is C21H28N2O3S2. The van der Waals surface area contributed by atoms with Gasteiger partial charge in [0, 0.05) is 16.9 Å². The third-order valence-electron chi connectivity index (χ3n) is 4.49. The molecule has 5 nitrogen and oxygen atoms in total. The van der Waals surface area contributed by atoms with E-state index in [1.165, 1.54) is 17.8 Å². The Hall–Kier alpha value is -1.83. The number of anilines is 1. The van der Waals surface area contributed by atoms with E-state index in [1.54, 1.807) is 26.0 Å². The largest absolute Gasteiger partial charge is 0.325 e. The summed E-state index contributed by atoms with van der Waals surface area (Å²) in [6.45, 7) is 9.39. The summed E-state index contributed by atoms with van der Waals surface area (Å²) in [5.74, 6) is -0.348. The molecule has 1 amide bonds. The summed E-state index contributed by atoms with van der Waals surface area (Å²) in [5, 5.41) is 2.82. The highest BCUT2D eigenvalue weighted by Gasteiger charge is 2.21. The molecular weight excluding hydrogens is 392 g/mol. The Labute approximate surface area is 172 Å². The number of benzene rings is 2. The molecule has 28 heavy (non-hydrogen) atoms. The molecule has 1 atom stereocenters. The molecule has 0 saturated heterocycles. The van der Waals surface area contributed by atoms with E-state index in [2.05, 4.69) is 10.0 Å². The zero-order chi connectivity index (χ0) is 21.1. The van der Waals surface area contributed by atoms with Gasteiger partial charge in [0.1, 0.15) is 0 Å². The van der Waals surface area contributed by atoms with Crippen molar-refractivity contribution in [3.63, 3.8) is 0 Å². The van der Waals surface area contributed by atoms with Crippen LogP contribution < -0.4 is 10.0 Å². The summed E-state index contributed by atoms with van der Waals surface area (Å²) in [5.41, 5.74) is 3.61. The molecule has 0 saturated carbocycles. The highest BCUT2D eigenvalue weighted by Crippen LogP contribution is 2.29. The van der Waals surface area contributed by atoms with Crippen molar-refractivity contribution in [2.75, 3.05) is 11.6 Å². The molecule has 2 aromatic rings. The Bertz CT molecular complexity index is 970. The fraction of sp³-hybridized carbons (Fsp3) is 0.381. The van der Waals surface area contributed by atoms with Crippen molar-refractivity contribution in [2.45, 2.75) is 50.5 Å². The van der Waals surface area contributed by atoms with Gasteiger partial charge in [-0.2, -0.15) is 0 Å². The number of rotatable bonds is 7. The summed E-state index contributed by atoms with van der Waals surface area (Å²) in [7, 11) is -3.75. The SMILES string of the molecule is CSc1ccc(S(=O)(=O)N[C@H](C)c2ccc(C)cc2C)cc1NC(=O)C(C)C. The van der Waals surface area contributed by atoms with Crippen LogP contribution in [0.3, 0.4) is 0 Å². The van der Waals surface area contributed by atoms with Crippen LogP contribution in [0.15, 0.2) is 46.2 Å². The van der Waals surface area contributed by atoms with Gasteiger partial charge in [-0.1, -0.05) is 37.6 Å². The molecule has 0 bridgehead atoms. The van der Waals surface area contributed by atoms with E-state index in [1.807, 2.05) is 45.2 Å². The first-order chi connectivity index (χ1) is 13.0. The van der Waals surface area contributed by atoms with Crippen molar-refractivity contribution in [3.05, 3.63) is 53.1 Å². The maximum absolute atomic E-state index is 12.9. The molecule has 0 heterocycles. The molecule has 0 radical (unpaired) electrons. The topological polar surface area (TPSA) is 75.3 Å². The van der Waals surface area contributed by atoms with E-state index in [0.717, 1.165) is 21.6 Å². The highest BCUT2D eigenvalue weighted by molar-refractivity contribution is 7.98. The van der Waals surface area contributed by atoms with Crippen LogP contribution in [0.4, 0.5) is 5.69 Å². The number of nitrogens with one attached hydrogen (secondary N) is 2. The number of aryl methyl sites for hydroxylation is 2. The molecule has 2 rings (SSSR count). The lowest BCUT2D eigenvalue weighted by molar-refractivity contribution is -0.118. The predicted molar refractivity (Wildman–Crippen MR) is 116 cm³/mol. The standard InChI is InChI=1S/C21H28N2O3S2/c1-13(2)21(24)22-19-12-17(8-10-20(19)27-6)28(25,26)23-16(5)18-9-7-14(3)11-15(18)4/h7-13,16,23H,1-6H3,(H,22,24)/t16-/m1/s1. The van der Waals surface area contributed by atoms with Crippen LogP contribution in [0.1, 0.15) is 43.5 Å². The molecule has 0 aliphatic rings. The van der Waals surface area contributed by atoms with E-state index < -0.39 is 10.0 Å². The van der Waals surface area contributed by atoms with Gasteiger partial charge in [-0.25, -0.2) is 13.1 Å². The fourth-order valence-electron chi connectivity index (χ4n) is 2.90. The maximum atomic E-state index is 12.9. The van der Waals surface area contributed by atoms with E-state index in [-0.39, 0.29) is 22.8 Å². The second-order valence-corrected chi connectivity index (χ2v) is 9.77. The van der Waals surface area contributed by atoms with Crippen LogP contribution in [0.5, 0.6) is 0 Å². The Morgan fingerprint density at radius 1 is 1.04 bits per heavy atom. The molecule has 0 unspecified atom stereocenters. The minimum Gasteiger partial charge on any atom is -0.325 e. The first-order valence-corrected chi connectivity index (χ1v) is 11.8. The van der Waals surface area contributed by atoms with Crippen LogP contribution >= 0.6 is 11.8 Å². The van der Waals surface area contributed by atoms with Gasteiger partial charge in [0.05, 0.1) is 10.6 Å². The summed E-state index contributed by atoms with van der Waals surface area (Å²) in [6.07, 6.45) is 1.88. The van der Waals surface area contributed by atoms with Crippen molar-refractivity contribution in [2.24, 2.45) is 5.92 Å². The number of amides is 1. The highest BCUT2D eigenvalue weighted by atomic mass is 32.2. The quantitative estimate of drug-likeness (QED) is 0.639. The van der Waals surface area contributed by atoms with Gasteiger partial charge >= 0.3 is 0 Å². The maximum Gasteiger partial charge on any atom is 0.241 e. The van der Waals surface area contributed by atoms with E-state index in [0.29, 0.717) is 5.69 Å². The second kappa shape index (κ2) is 9.11. The third-order valence-corrected chi connectivity index (χ3v) is 6.82. The smallest absolute Gasteiger partial charge is 0.241 e. The average molecular weight is 421 g/mol. The van der Waals surface area contributed by atoms with Crippen LogP contribution in [0.25, 0.3) is 0 Å².